The summed E-state index contributed by atoms with van der Waals surface area (Å²) in [5.41, 5.74) is 1.07. The van der Waals surface area contributed by atoms with E-state index in [-0.39, 0.29) is 30.2 Å². The first-order valence-corrected chi connectivity index (χ1v) is 9.78. The van der Waals surface area contributed by atoms with Gasteiger partial charge in [-0.25, -0.2) is 9.59 Å². The number of urea groups is 2. The third-order valence-corrected chi connectivity index (χ3v) is 5.06. The molecule has 7 heteroatoms. The van der Waals surface area contributed by atoms with E-state index in [1.54, 1.807) is 4.90 Å². The second-order valence-corrected chi connectivity index (χ2v) is 7.56. The molecular formula is C20H30N4O3. The molecule has 148 valence electrons. The summed E-state index contributed by atoms with van der Waals surface area (Å²) in [6, 6.07) is 10.1. The van der Waals surface area contributed by atoms with E-state index in [0.717, 1.165) is 18.4 Å². The number of amides is 4. The Kier molecular flexibility index (Phi) is 6.55. The van der Waals surface area contributed by atoms with Crippen LogP contribution in [-0.2, 0) is 11.3 Å². The number of nitrogens with zero attached hydrogens (tertiary/aromatic N) is 2. The molecule has 0 unspecified atom stereocenters. The van der Waals surface area contributed by atoms with Crippen LogP contribution in [0.2, 0.25) is 0 Å². The molecule has 0 atom stereocenters. The van der Waals surface area contributed by atoms with Gasteiger partial charge in [0.1, 0.15) is 0 Å². The van der Waals surface area contributed by atoms with E-state index in [4.69, 9.17) is 4.74 Å². The van der Waals surface area contributed by atoms with Gasteiger partial charge in [-0.05, 0) is 32.3 Å². The van der Waals surface area contributed by atoms with Crippen molar-refractivity contribution in [1.29, 1.82) is 0 Å². The van der Waals surface area contributed by atoms with Crippen LogP contribution in [0, 0.1) is 0 Å². The molecular weight excluding hydrogens is 344 g/mol. The Balaban J connectivity index is 1.53. The van der Waals surface area contributed by atoms with Crippen LogP contribution in [0.4, 0.5) is 9.59 Å². The molecule has 7 nitrogen and oxygen atoms in total. The zero-order valence-corrected chi connectivity index (χ0v) is 16.2. The van der Waals surface area contributed by atoms with Crippen LogP contribution in [0.15, 0.2) is 30.3 Å². The molecule has 0 aromatic heterocycles. The highest BCUT2D eigenvalue weighted by Gasteiger charge is 2.40. The van der Waals surface area contributed by atoms with Crippen molar-refractivity contribution in [3.05, 3.63) is 35.9 Å². The van der Waals surface area contributed by atoms with Gasteiger partial charge in [-0.15, -0.1) is 0 Å². The van der Waals surface area contributed by atoms with Crippen LogP contribution in [0.1, 0.15) is 32.3 Å². The molecule has 1 aromatic carbocycles. The third kappa shape index (κ3) is 5.13. The molecule has 4 amide bonds. The maximum absolute atomic E-state index is 12.7. The Morgan fingerprint density at radius 3 is 2.44 bits per heavy atom. The van der Waals surface area contributed by atoms with E-state index < -0.39 is 0 Å². The molecule has 2 heterocycles. The van der Waals surface area contributed by atoms with Crippen LogP contribution >= 0.6 is 0 Å². The summed E-state index contributed by atoms with van der Waals surface area (Å²) in [5, 5.41) is 5.96. The molecule has 3 rings (SSSR count). The minimum atomic E-state index is -0.0775. The molecule has 0 saturated carbocycles. The molecule has 0 bridgehead atoms. The van der Waals surface area contributed by atoms with Crippen molar-refractivity contribution in [2.45, 2.75) is 51.4 Å². The van der Waals surface area contributed by atoms with Crippen LogP contribution in [-0.4, -0.2) is 66.3 Å². The normalized spacial score (nSPS) is 18.1. The Morgan fingerprint density at radius 2 is 1.81 bits per heavy atom. The summed E-state index contributed by atoms with van der Waals surface area (Å²) >= 11 is 0. The van der Waals surface area contributed by atoms with E-state index in [9.17, 15) is 9.59 Å². The first-order chi connectivity index (χ1) is 13.0. The average molecular weight is 374 g/mol. The number of benzene rings is 1. The lowest BCUT2D eigenvalue weighted by molar-refractivity contribution is 0.00220. The van der Waals surface area contributed by atoms with Crippen LogP contribution in [0.5, 0.6) is 0 Å². The minimum absolute atomic E-state index is 0.0359. The Morgan fingerprint density at radius 1 is 1.15 bits per heavy atom. The van der Waals surface area contributed by atoms with E-state index in [0.29, 0.717) is 32.8 Å². The summed E-state index contributed by atoms with van der Waals surface area (Å²) in [5.74, 6) is 0. The topological polar surface area (TPSA) is 73.9 Å². The average Bonchev–Trinajstić information content (AvgIpc) is 2.63. The number of likely N-dealkylation sites (tertiary alicyclic amines) is 1. The molecule has 2 fully saturated rings. The van der Waals surface area contributed by atoms with Crippen LogP contribution in [0.25, 0.3) is 0 Å². The van der Waals surface area contributed by atoms with Gasteiger partial charge in [0.15, 0.2) is 0 Å². The quantitative estimate of drug-likeness (QED) is 0.830. The van der Waals surface area contributed by atoms with E-state index in [1.165, 1.54) is 0 Å². The molecule has 0 spiro atoms. The van der Waals surface area contributed by atoms with Gasteiger partial charge in [0, 0.05) is 44.9 Å². The van der Waals surface area contributed by atoms with Crippen LogP contribution < -0.4 is 10.6 Å². The maximum Gasteiger partial charge on any atom is 0.318 e. The Labute approximate surface area is 161 Å². The molecule has 2 N–H and O–H groups in total. The fourth-order valence-electron chi connectivity index (χ4n) is 3.60. The summed E-state index contributed by atoms with van der Waals surface area (Å²) < 4.78 is 5.44. The van der Waals surface area contributed by atoms with Crippen molar-refractivity contribution in [1.82, 2.24) is 20.4 Å². The van der Waals surface area contributed by atoms with Gasteiger partial charge >= 0.3 is 12.1 Å². The lowest BCUT2D eigenvalue weighted by atomic mass is 10.0. The molecule has 2 saturated heterocycles. The maximum atomic E-state index is 12.7. The standard InChI is InChI=1S/C20H30N4O3/c1-15(2)22-20(26)24(17-8-10-27-11-9-17)18-13-23(14-18)19(25)21-12-16-6-4-3-5-7-16/h3-7,15,17-18H,8-14H2,1-2H3,(H,21,25)(H,22,26). The van der Waals surface area contributed by atoms with E-state index in [2.05, 4.69) is 10.6 Å². The van der Waals surface area contributed by atoms with Gasteiger partial charge in [-0.3, -0.25) is 0 Å². The molecule has 2 aliphatic heterocycles. The van der Waals surface area contributed by atoms with Crippen molar-refractivity contribution in [3.63, 3.8) is 0 Å². The Hall–Kier alpha value is -2.28. The lowest BCUT2D eigenvalue weighted by Gasteiger charge is -2.48. The van der Waals surface area contributed by atoms with Crippen molar-refractivity contribution in [2.24, 2.45) is 0 Å². The summed E-state index contributed by atoms with van der Waals surface area (Å²) in [4.78, 5) is 28.8. The first-order valence-electron chi connectivity index (χ1n) is 9.78. The van der Waals surface area contributed by atoms with Gasteiger partial charge in [0.2, 0.25) is 0 Å². The highest BCUT2D eigenvalue weighted by Crippen LogP contribution is 2.23. The van der Waals surface area contributed by atoms with Crippen molar-refractivity contribution in [2.75, 3.05) is 26.3 Å². The van der Waals surface area contributed by atoms with Crippen molar-refractivity contribution >= 4 is 12.1 Å². The number of hydrogen-bond donors (Lipinski definition) is 2. The molecule has 27 heavy (non-hydrogen) atoms. The molecule has 1 aromatic rings. The molecule has 0 aliphatic carbocycles. The van der Waals surface area contributed by atoms with Gasteiger partial charge in [0.25, 0.3) is 0 Å². The number of nitrogens with one attached hydrogen (secondary N) is 2. The second-order valence-electron chi connectivity index (χ2n) is 7.56. The zero-order chi connectivity index (χ0) is 19.2. The third-order valence-electron chi connectivity index (χ3n) is 5.06. The number of carbonyl (C=O) groups is 2. The summed E-state index contributed by atoms with van der Waals surface area (Å²) in [7, 11) is 0. The first kappa shape index (κ1) is 19.5. The molecule has 2 aliphatic rings. The number of hydrogen-bond acceptors (Lipinski definition) is 3. The monoisotopic (exact) mass is 374 g/mol. The van der Waals surface area contributed by atoms with Crippen molar-refractivity contribution in [3.8, 4) is 0 Å². The van der Waals surface area contributed by atoms with Gasteiger partial charge < -0.3 is 25.2 Å². The number of carbonyl (C=O) groups excluding carboxylic acids is 2. The van der Waals surface area contributed by atoms with Crippen LogP contribution in [0.3, 0.4) is 0 Å². The predicted molar refractivity (Wildman–Crippen MR) is 103 cm³/mol. The number of ether oxygens (including phenoxy) is 1. The predicted octanol–water partition coefficient (Wildman–Crippen LogP) is 2.18. The zero-order valence-electron chi connectivity index (χ0n) is 16.2. The highest BCUT2D eigenvalue weighted by molar-refractivity contribution is 5.78. The Bertz CT molecular complexity index is 625. The van der Waals surface area contributed by atoms with E-state index in [1.807, 2.05) is 49.1 Å². The lowest BCUT2D eigenvalue weighted by Crippen LogP contribution is -2.67. The fourth-order valence-corrected chi connectivity index (χ4v) is 3.60. The highest BCUT2D eigenvalue weighted by atomic mass is 16.5. The minimum Gasteiger partial charge on any atom is -0.381 e. The van der Waals surface area contributed by atoms with Gasteiger partial charge in [-0.1, -0.05) is 30.3 Å². The molecule has 0 radical (unpaired) electrons. The van der Waals surface area contributed by atoms with E-state index >= 15 is 0 Å². The van der Waals surface area contributed by atoms with Gasteiger partial charge in [0.05, 0.1) is 6.04 Å². The largest absolute Gasteiger partial charge is 0.381 e. The SMILES string of the molecule is CC(C)NC(=O)N(C1CCOCC1)C1CN(C(=O)NCc2ccccc2)C1. The number of rotatable bonds is 5. The van der Waals surface area contributed by atoms with Gasteiger partial charge in [-0.2, -0.15) is 0 Å². The smallest absolute Gasteiger partial charge is 0.318 e. The fraction of sp³-hybridized carbons (Fsp3) is 0.600. The summed E-state index contributed by atoms with van der Waals surface area (Å²) in [6.45, 7) is 6.95. The summed E-state index contributed by atoms with van der Waals surface area (Å²) in [6.07, 6.45) is 1.70. The van der Waals surface area contributed by atoms with Crippen molar-refractivity contribution < 1.29 is 14.3 Å². The second kappa shape index (κ2) is 9.08.